The Morgan fingerprint density at radius 2 is 2.00 bits per heavy atom. The molecular weight excluding hydrogens is 254 g/mol. The maximum Gasteiger partial charge on any atom is 0.298 e. The van der Waals surface area contributed by atoms with Gasteiger partial charge >= 0.3 is 0 Å². The van der Waals surface area contributed by atoms with Crippen molar-refractivity contribution < 1.29 is 14.6 Å². The molecule has 0 unspecified atom stereocenters. The number of hydrogen-bond donors (Lipinski definition) is 1. The molecule has 20 heavy (non-hydrogen) atoms. The lowest BCUT2D eigenvalue weighted by molar-refractivity contribution is -0.130. The predicted molar refractivity (Wildman–Crippen MR) is 76.0 cm³/mol. The van der Waals surface area contributed by atoms with E-state index >= 15 is 0 Å². The summed E-state index contributed by atoms with van der Waals surface area (Å²) in [4.78, 5) is 13.4. The standard InChI is InChI=1S/C16H19NO3/c1-17(13-16(19)9-11-20-12-10-16)15(18)8-7-14-5-3-2-4-6-14/h2-6,19H,9-13H2,1H3. The Morgan fingerprint density at radius 1 is 1.35 bits per heavy atom. The van der Waals surface area contributed by atoms with Gasteiger partial charge in [-0.2, -0.15) is 0 Å². The van der Waals surface area contributed by atoms with Crippen LogP contribution in [0.25, 0.3) is 0 Å². The van der Waals surface area contributed by atoms with Gasteiger partial charge in [0.1, 0.15) is 0 Å². The summed E-state index contributed by atoms with van der Waals surface area (Å²) >= 11 is 0. The van der Waals surface area contributed by atoms with Crippen LogP contribution >= 0.6 is 0 Å². The monoisotopic (exact) mass is 273 g/mol. The van der Waals surface area contributed by atoms with E-state index in [0.29, 0.717) is 32.6 Å². The summed E-state index contributed by atoms with van der Waals surface area (Å²) in [6, 6.07) is 9.37. The van der Waals surface area contributed by atoms with Gasteiger partial charge < -0.3 is 14.7 Å². The topological polar surface area (TPSA) is 49.8 Å². The summed E-state index contributed by atoms with van der Waals surface area (Å²) in [5, 5.41) is 10.4. The summed E-state index contributed by atoms with van der Waals surface area (Å²) in [5.74, 6) is 5.14. The molecular formula is C16H19NO3. The number of rotatable bonds is 2. The second-order valence-electron chi connectivity index (χ2n) is 5.11. The summed E-state index contributed by atoms with van der Waals surface area (Å²) in [7, 11) is 1.66. The van der Waals surface area contributed by atoms with Gasteiger partial charge in [0, 0.05) is 44.6 Å². The first-order valence-corrected chi connectivity index (χ1v) is 6.71. The van der Waals surface area contributed by atoms with Gasteiger partial charge in [-0.15, -0.1) is 0 Å². The van der Waals surface area contributed by atoms with E-state index in [4.69, 9.17) is 4.74 Å². The van der Waals surface area contributed by atoms with Gasteiger partial charge in [-0.1, -0.05) is 24.1 Å². The zero-order valence-electron chi connectivity index (χ0n) is 11.6. The van der Waals surface area contributed by atoms with Crippen LogP contribution in [0.3, 0.4) is 0 Å². The lowest BCUT2D eigenvalue weighted by Crippen LogP contribution is -2.47. The second kappa shape index (κ2) is 6.56. The van der Waals surface area contributed by atoms with E-state index in [1.54, 1.807) is 7.05 Å². The Bertz CT molecular complexity index is 510. The van der Waals surface area contributed by atoms with Crippen molar-refractivity contribution >= 4 is 5.91 Å². The van der Waals surface area contributed by atoms with Crippen molar-refractivity contribution in [3.05, 3.63) is 35.9 Å². The van der Waals surface area contributed by atoms with Crippen LogP contribution in [0.5, 0.6) is 0 Å². The molecule has 1 aliphatic heterocycles. The molecule has 4 nitrogen and oxygen atoms in total. The van der Waals surface area contributed by atoms with Gasteiger partial charge in [0.25, 0.3) is 5.91 Å². The third-order valence-electron chi connectivity index (χ3n) is 3.39. The van der Waals surface area contributed by atoms with E-state index in [9.17, 15) is 9.90 Å². The number of carbonyl (C=O) groups excluding carboxylic acids is 1. The molecule has 4 heteroatoms. The summed E-state index contributed by atoms with van der Waals surface area (Å²) in [6.07, 6.45) is 1.10. The molecule has 0 spiro atoms. The van der Waals surface area contributed by atoms with E-state index in [1.807, 2.05) is 30.3 Å². The van der Waals surface area contributed by atoms with Gasteiger partial charge in [-0.05, 0) is 12.1 Å². The highest BCUT2D eigenvalue weighted by Gasteiger charge is 2.32. The van der Waals surface area contributed by atoms with Crippen LogP contribution in [0.15, 0.2) is 30.3 Å². The van der Waals surface area contributed by atoms with Crippen LogP contribution in [0, 0.1) is 11.8 Å². The third-order valence-corrected chi connectivity index (χ3v) is 3.39. The number of carbonyl (C=O) groups is 1. The first-order valence-electron chi connectivity index (χ1n) is 6.71. The minimum Gasteiger partial charge on any atom is -0.388 e. The van der Waals surface area contributed by atoms with Crippen LogP contribution in [0.4, 0.5) is 0 Å². The fourth-order valence-corrected chi connectivity index (χ4v) is 2.17. The number of nitrogens with zero attached hydrogens (tertiary/aromatic N) is 1. The molecule has 1 heterocycles. The normalized spacial score (nSPS) is 16.9. The molecule has 2 rings (SSSR count). The largest absolute Gasteiger partial charge is 0.388 e. The Hall–Kier alpha value is -1.83. The highest BCUT2D eigenvalue weighted by atomic mass is 16.5. The highest BCUT2D eigenvalue weighted by Crippen LogP contribution is 2.21. The number of ether oxygens (including phenoxy) is 1. The molecule has 0 aliphatic carbocycles. The molecule has 1 aromatic rings. The van der Waals surface area contributed by atoms with Crippen molar-refractivity contribution in [1.29, 1.82) is 0 Å². The van der Waals surface area contributed by atoms with Gasteiger partial charge in [-0.3, -0.25) is 4.79 Å². The Labute approximate surface area is 119 Å². The van der Waals surface area contributed by atoms with Crippen molar-refractivity contribution in [2.24, 2.45) is 0 Å². The van der Waals surface area contributed by atoms with Crippen molar-refractivity contribution in [2.75, 3.05) is 26.8 Å². The molecule has 1 aliphatic rings. The molecule has 0 saturated carbocycles. The van der Waals surface area contributed by atoms with Gasteiger partial charge in [0.15, 0.2) is 0 Å². The van der Waals surface area contributed by atoms with Crippen molar-refractivity contribution in [3.8, 4) is 11.8 Å². The summed E-state index contributed by atoms with van der Waals surface area (Å²) in [5.41, 5.74) is -0.0455. The van der Waals surface area contributed by atoms with Crippen LogP contribution in [0.2, 0.25) is 0 Å². The number of hydrogen-bond acceptors (Lipinski definition) is 3. The van der Waals surface area contributed by atoms with Crippen LogP contribution < -0.4 is 0 Å². The molecule has 1 saturated heterocycles. The van der Waals surface area contributed by atoms with Gasteiger partial charge in [0.05, 0.1) is 12.1 Å². The minimum absolute atomic E-state index is 0.284. The number of benzene rings is 1. The maximum absolute atomic E-state index is 11.9. The van der Waals surface area contributed by atoms with Crippen LogP contribution in [-0.4, -0.2) is 48.3 Å². The molecule has 0 radical (unpaired) electrons. The first-order chi connectivity index (χ1) is 9.59. The molecule has 1 amide bonds. The average molecular weight is 273 g/mol. The fraction of sp³-hybridized carbons (Fsp3) is 0.438. The molecule has 1 fully saturated rings. The molecule has 0 aromatic heterocycles. The van der Waals surface area contributed by atoms with Crippen molar-refractivity contribution in [3.63, 3.8) is 0 Å². The van der Waals surface area contributed by atoms with E-state index in [2.05, 4.69) is 11.8 Å². The first kappa shape index (κ1) is 14.6. The Kier molecular flexibility index (Phi) is 4.78. The maximum atomic E-state index is 11.9. The SMILES string of the molecule is CN(CC1(O)CCOCC1)C(=O)C#Cc1ccccc1. The van der Waals surface area contributed by atoms with Gasteiger partial charge in [0.2, 0.25) is 0 Å². The van der Waals surface area contributed by atoms with Crippen molar-refractivity contribution in [1.82, 2.24) is 4.90 Å². The Morgan fingerprint density at radius 3 is 2.65 bits per heavy atom. The Balaban J connectivity index is 1.94. The van der Waals surface area contributed by atoms with E-state index in [-0.39, 0.29) is 5.91 Å². The average Bonchev–Trinajstić information content (AvgIpc) is 2.46. The molecule has 1 aromatic carbocycles. The quantitative estimate of drug-likeness (QED) is 0.819. The molecule has 0 bridgehead atoms. The minimum atomic E-state index is -0.850. The zero-order valence-corrected chi connectivity index (χ0v) is 11.6. The van der Waals surface area contributed by atoms with Crippen LogP contribution in [0.1, 0.15) is 18.4 Å². The highest BCUT2D eigenvalue weighted by molar-refractivity contribution is 5.94. The van der Waals surface area contributed by atoms with E-state index < -0.39 is 5.60 Å². The zero-order chi connectivity index (χ0) is 14.4. The van der Waals surface area contributed by atoms with E-state index in [1.165, 1.54) is 4.90 Å². The summed E-state index contributed by atoms with van der Waals surface area (Å²) < 4.78 is 5.22. The van der Waals surface area contributed by atoms with Gasteiger partial charge in [-0.25, -0.2) is 0 Å². The number of aliphatic hydroxyl groups is 1. The lowest BCUT2D eigenvalue weighted by Gasteiger charge is -2.34. The second-order valence-corrected chi connectivity index (χ2v) is 5.11. The number of likely N-dealkylation sites (N-methyl/N-ethyl adjacent to an activating group) is 1. The smallest absolute Gasteiger partial charge is 0.298 e. The molecule has 1 N–H and O–H groups in total. The lowest BCUT2D eigenvalue weighted by atomic mass is 9.94. The van der Waals surface area contributed by atoms with Crippen LogP contribution in [-0.2, 0) is 9.53 Å². The number of amides is 1. The molecule has 106 valence electrons. The molecule has 0 atom stereocenters. The summed E-state index contributed by atoms with van der Waals surface area (Å²) in [6.45, 7) is 1.36. The van der Waals surface area contributed by atoms with E-state index in [0.717, 1.165) is 5.56 Å². The third kappa shape index (κ3) is 4.09. The fourth-order valence-electron chi connectivity index (χ4n) is 2.17. The van der Waals surface area contributed by atoms with Crippen molar-refractivity contribution in [2.45, 2.75) is 18.4 Å². The predicted octanol–water partition coefficient (Wildman–Crippen LogP) is 1.04.